The second-order valence-electron chi connectivity index (χ2n) is 4.05. The molecule has 0 saturated carbocycles. The number of amides is 1. The third-order valence-electron chi connectivity index (χ3n) is 2.93. The highest BCUT2D eigenvalue weighted by Gasteiger charge is 2.27. The number of hydrogen-bond donors (Lipinski definition) is 1. The van der Waals surface area contributed by atoms with E-state index < -0.39 is 0 Å². The molecule has 1 atom stereocenters. The number of carbonyl (C=O) groups excluding carboxylic acids is 1. The summed E-state index contributed by atoms with van der Waals surface area (Å²) in [7, 11) is 0. The standard InChI is InChI=1S/C13H15N3O/c14-8-7-12-13(17)15-9-4-10-16(12)11-5-2-1-3-6-11/h1-3,5-6,12H,4,7,9-10H2,(H,15,17). The number of carbonyl (C=O) groups is 1. The first-order valence-corrected chi connectivity index (χ1v) is 5.79. The molecule has 1 aliphatic heterocycles. The van der Waals surface area contributed by atoms with E-state index in [0.717, 1.165) is 18.7 Å². The van der Waals surface area contributed by atoms with Gasteiger partial charge in [-0.05, 0) is 18.6 Å². The number of hydrogen-bond acceptors (Lipinski definition) is 3. The topological polar surface area (TPSA) is 56.1 Å². The van der Waals surface area contributed by atoms with Crippen LogP contribution in [0.1, 0.15) is 12.8 Å². The summed E-state index contributed by atoms with van der Waals surface area (Å²) in [5, 5.41) is 11.7. The number of para-hydroxylation sites is 1. The highest BCUT2D eigenvalue weighted by Crippen LogP contribution is 2.20. The minimum atomic E-state index is -0.370. The van der Waals surface area contributed by atoms with Crippen molar-refractivity contribution in [3.05, 3.63) is 30.3 Å². The van der Waals surface area contributed by atoms with Gasteiger partial charge in [0.15, 0.2) is 0 Å². The fraction of sp³-hybridized carbons (Fsp3) is 0.385. The minimum Gasteiger partial charge on any atom is -0.359 e. The highest BCUT2D eigenvalue weighted by atomic mass is 16.2. The summed E-state index contributed by atoms with van der Waals surface area (Å²) in [4.78, 5) is 13.9. The Kier molecular flexibility index (Phi) is 3.61. The Morgan fingerprint density at radius 3 is 2.88 bits per heavy atom. The van der Waals surface area contributed by atoms with Crippen LogP contribution in [-0.4, -0.2) is 25.0 Å². The van der Waals surface area contributed by atoms with Crippen LogP contribution in [-0.2, 0) is 4.79 Å². The third kappa shape index (κ3) is 2.56. The van der Waals surface area contributed by atoms with E-state index in [4.69, 9.17) is 5.26 Å². The smallest absolute Gasteiger partial charge is 0.243 e. The summed E-state index contributed by atoms with van der Waals surface area (Å²) < 4.78 is 0. The van der Waals surface area contributed by atoms with Crippen molar-refractivity contribution in [2.75, 3.05) is 18.0 Å². The fourth-order valence-corrected chi connectivity index (χ4v) is 2.09. The van der Waals surface area contributed by atoms with E-state index in [2.05, 4.69) is 11.4 Å². The van der Waals surface area contributed by atoms with Gasteiger partial charge in [0.25, 0.3) is 0 Å². The Balaban J connectivity index is 2.28. The van der Waals surface area contributed by atoms with E-state index in [9.17, 15) is 4.79 Å². The summed E-state index contributed by atoms with van der Waals surface area (Å²) in [6, 6.07) is 11.5. The lowest BCUT2D eigenvalue weighted by Crippen LogP contribution is -2.44. The zero-order chi connectivity index (χ0) is 12.1. The zero-order valence-corrected chi connectivity index (χ0v) is 9.60. The zero-order valence-electron chi connectivity index (χ0n) is 9.60. The van der Waals surface area contributed by atoms with E-state index in [1.165, 1.54) is 0 Å². The van der Waals surface area contributed by atoms with Gasteiger partial charge in [-0.25, -0.2) is 0 Å². The molecule has 1 amide bonds. The molecule has 0 spiro atoms. The molecule has 1 fully saturated rings. The van der Waals surface area contributed by atoms with Gasteiger partial charge in [-0.2, -0.15) is 5.26 Å². The van der Waals surface area contributed by atoms with Gasteiger partial charge in [0.05, 0.1) is 12.5 Å². The van der Waals surface area contributed by atoms with Crippen molar-refractivity contribution in [3.8, 4) is 6.07 Å². The lowest BCUT2D eigenvalue weighted by molar-refractivity contribution is -0.121. The van der Waals surface area contributed by atoms with Gasteiger partial charge in [-0.1, -0.05) is 18.2 Å². The number of rotatable bonds is 2. The molecule has 4 heteroatoms. The van der Waals surface area contributed by atoms with Crippen LogP contribution in [0.5, 0.6) is 0 Å². The maximum absolute atomic E-state index is 11.9. The molecule has 0 aromatic heterocycles. The van der Waals surface area contributed by atoms with Gasteiger partial charge in [-0.3, -0.25) is 4.79 Å². The maximum Gasteiger partial charge on any atom is 0.243 e. The number of nitrogens with zero attached hydrogens (tertiary/aromatic N) is 2. The van der Waals surface area contributed by atoms with Gasteiger partial charge < -0.3 is 10.2 Å². The molecule has 4 nitrogen and oxygen atoms in total. The van der Waals surface area contributed by atoms with E-state index >= 15 is 0 Å². The van der Waals surface area contributed by atoms with Gasteiger partial charge in [-0.15, -0.1) is 0 Å². The van der Waals surface area contributed by atoms with E-state index in [0.29, 0.717) is 6.54 Å². The molecule has 1 saturated heterocycles. The third-order valence-corrected chi connectivity index (χ3v) is 2.93. The van der Waals surface area contributed by atoms with Crippen molar-refractivity contribution >= 4 is 11.6 Å². The maximum atomic E-state index is 11.9. The van der Waals surface area contributed by atoms with E-state index in [1.807, 2.05) is 35.2 Å². The highest BCUT2D eigenvalue weighted by molar-refractivity contribution is 5.86. The van der Waals surface area contributed by atoms with Crippen molar-refractivity contribution in [2.45, 2.75) is 18.9 Å². The number of nitriles is 1. The Hall–Kier alpha value is -2.02. The van der Waals surface area contributed by atoms with Crippen LogP contribution >= 0.6 is 0 Å². The average molecular weight is 229 g/mol. The van der Waals surface area contributed by atoms with Crippen molar-refractivity contribution in [3.63, 3.8) is 0 Å². The van der Waals surface area contributed by atoms with Gasteiger partial charge in [0.2, 0.25) is 5.91 Å². The molecule has 17 heavy (non-hydrogen) atoms. The lowest BCUT2D eigenvalue weighted by Gasteiger charge is -2.28. The van der Waals surface area contributed by atoms with E-state index in [1.54, 1.807) is 0 Å². The minimum absolute atomic E-state index is 0.0482. The predicted octanol–water partition coefficient (Wildman–Crippen LogP) is 1.30. The van der Waals surface area contributed by atoms with Crippen molar-refractivity contribution in [2.24, 2.45) is 0 Å². The Morgan fingerprint density at radius 1 is 1.41 bits per heavy atom. The molecule has 2 rings (SSSR count). The summed E-state index contributed by atoms with van der Waals surface area (Å²) in [6.07, 6.45) is 1.13. The summed E-state index contributed by atoms with van der Waals surface area (Å²) in [6.45, 7) is 1.49. The number of nitrogens with one attached hydrogen (secondary N) is 1. The second-order valence-corrected chi connectivity index (χ2v) is 4.05. The molecule has 1 aromatic carbocycles. The van der Waals surface area contributed by atoms with Crippen LogP contribution in [0, 0.1) is 11.3 Å². The Morgan fingerprint density at radius 2 is 2.18 bits per heavy atom. The normalized spacial score (nSPS) is 20.3. The molecule has 0 aliphatic carbocycles. The van der Waals surface area contributed by atoms with Crippen LogP contribution in [0.15, 0.2) is 30.3 Å². The molecule has 1 N–H and O–H groups in total. The molecular weight excluding hydrogens is 214 g/mol. The number of benzene rings is 1. The summed E-state index contributed by atoms with van der Waals surface area (Å²) in [5.74, 6) is -0.0482. The first kappa shape index (κ1) is 11.5. The monoisotopic (exact) mass is 229 g/mol. The molecule has 0 radical (unpaired) electrons. The van der Waals surface area contributed by atoms with Gasteiger partial charge >= 0.3 is 0 Å². The van der Waals surface area contributed by atoms with Crippen LogP contribution in [0.3, 0.4) is 0 Å². The number of anilines is 1. The van der Waals surface area contributed by atoms with Gasteiger partial charge in [0, 0.05) is 18.8 Å². The molecule has 1 unspecified atom stereocenters. The summed E-state index contributed by atoms with van der Waals surface area (Å²) >= 11 is 0. The molecule has 0 bridgehead atoms. The Labute approximate surface area is 101 Å². The van der Waals surface area contributed by atoms with Crippen molar-refractivity contribution in [1.82, 2.24) is 5.32 Å². The first-order chi connectivity index (χ1) is 8.33. The van der Waals surface area contributed by atoms with Crippen LogP contribution in [0.4, 0.5) is 5.69 Å². The SMILES string of the molecule is N#CCC1C(=O)NCCCN1c1ccccc1. The fourth-order valence-electron chi connectivity index (χ4n) is 2.09. The largest absolute Gasteiger partial charge is 0.359 e. The molecule has 1 aromatic rings. The Bertz CT molecular complexity index is 424. The first-order valence-electron chi connectivity index (χ1n) is 5.79. The van der Waals surface area contributed by atoms with Crippen molar-refractivity contribution < 1.29 is 4.79 Å². The summed E-state index contributed by atoms with van der Waals surface area (Å²) in [5.41, 5.74) is 1.00. The quantitative estimate of drug-likeness (QED) is 0.831. The molecule has 88 valence electrons. The molecular formula is C13H15N3O. The van der Waals surface area contributed by atoms with Crippen LogP contribution < -0.4 is 10.2 Å². The lowest BCUT2D eigenvalue weighted by atomic mass is 10.1. The average Bonchev–Trinajstić information content (AvgIpc) is 2.54. The van der Waals surface area contributed by atoms with Crippen LogP contribution in [0.2, 0.25) is 0 Å². The molecule has 1 aliphatic rings. The van der Waals surface area contributed by atoms with Gasteiger partial charge in [0.1, 0.15) is 6.04 Å². The van der Waals surface area contributed by atoms with E-state index in [-0.39, 0.29) is 18.4 Å². The predicted molar refractivity (Wildman–Crippen MR) is 65.4 cm³/mol. The second kappa shape index (κ2) is 5.35. The molecule has 1 heterocycles. The van der Waals surface area contributed by atoms with Crippen LogP contribution in [0.25, 0.3) is 0 Å². The van der Waals surface area contributed by atoms with Crippen molar-refractivity contribution in [1.29, 1.82) is 5.26 Å².